The van der Waals surface area contributed by atoms with Gasteiger partial charge in [0.05, 0.1) is 40.2 Å². The second-order valence-corrected chi connectivity index (χ2v) is 3.89. The normalized spacial score (nSPS) is 10.7. The van der Waals surface area contributed by atoms with E-state index in [9.17, 15) is 14.0 Å². The second-order valence-electron chi connectivity index (χ2n) is 3.89. The van der Waals surface area contributed by atoms with Crippen molar-refractivity contribution in [1.82, 2.24) is 0 Å². The lowest BCUT2D eigenvalue weighted by Gasteiger charge is -2.13. The summed E-state index contributed by atoms with van der Waals surface area (Å²) in [6.07, 6.45) is 0.844. The van der Waals surface area contributed by atoms with E-state index in [1.54, 1.807) is 0 Å². The molecule has 1 aromatic carbocycles. The number of esters is 2. The van der Waals surface area contributed by atoms with Gasteiger partial charge in [-0.05, 0) is 0 Å². The lowest BCUT2D eigenvalue weighted by atomic mass is 10.2. The standard InChI is InChI=1S/C14H16FNO6/c1-19-8-5-9(13(15)11(6-8)20-2)16-10(14(18)22-4)7-12(17)21-3/h5-7,16H,1-4H3/b10-7+. The molecule has 0 spiro atoms. The van der Waals surface area contributed by atoms with Crippen molar-refractivity contribution in [1.29, 1.82) is 0 Å². The predicted octanol–water partition coefficient (Wildman–Crippen LogP) is 1.48. The summed E-state index contributed by atoms with van der Waals surface area (Å²) in [5.74, 6) is -2.23. The minimum atomic E-state index is -0.869. The molecule has 22 heavy (non-hydrogen) atoms. The molecule has 1 N–H and O–H groups in total. The van der Waals surface area contributed by atoms with Gasteiger partial charge < -0.3 is 24.3 Å². The fraction of sp³-hybridized carbons (Fsp3) is 0.286. The van der Waals surface area contributed by atoms with Gasteiger partial charge in [0.1, 0.15) is 11.4 Å². The van der Waals surface area contributed by atoms with Gasteiger partial charge in [-0.2, -0.15) is 0 Å². The molecule has 0 radical (unpaired) electrons. The van der Waals surface area contributed by atoms with Gasteiger partial charge in [0.2, 0.25) is 0 Å². The molecule has 1 aromatic rings. The van der Waals surface area contributed by atoms with Gasteiger partial charge in [-0.3, -0.25) is 0 Å². The number of hydrogen-bond acceptors (Lipinski definition) is 7. The zero-order valence-corrected chi connectivity index (χ0v) is 12.6. The monoisotopic (exact) mass is 313 g/mol. The SMILES string of the molecule is COC(=O)/C=C(/Nc1cc(OC)cc(OC)c1F)C(=O)OC. The van der Waals surface area contributed by atoms with Gasteiger partial charge in [-0.15, -0.1) is 0 Å². The summed E-state index contributed by atoms with van der Waals surface area (Å²) in [6.45, 7) is 0. The van der Waals surface area contributed by atoms with E-state index < -0.39 is 17.8 Å². The van der Waals surface area contributed by atoms with Crippen molar-refractivity contribution in [3.63, 3.8) is 0 Å². The highest BCUT2D eigenvalue weighted by molar-refractivity contribution is 5.98. The average molecular weight is 313 g/mol. The molecule has 0 fully saturated rings. The van der Waals surface area contributed by atoms with Crippen molar-refractivity contribution in [3.8, 4) is 11.5 Å². The summed E-state index contributed by atoms with van der Waals surface area (Å²) in [5, 5.41) is 2.46. The lowest BCUT2D eigenvalue weighted by Crippen LogP contribution is -2.16. The Labute approximate surface area is 126 Å². The van der Waals surface area contributed by atoms with Gasteiger partial charge in [0.15, 0.2) is 11.6 Å². The van der Waals surface area contributed by atoms with E-state index in [1.807, 2.05) is 0 Å². The largest absolute Gasteiger partial charge is 0.497 e. The van der Waals surface area contributed by atoms with Crippen LogP contribution in [0.2, 0.25) is 0 Å². The Morgan fingerprint density at radius 3 is 2.27 bits per heavy atom. The van der Waals surface area contributed by atoms with Crippen LogP contribution in [0, 0.1) is 5.82 Å². The van der Waals surface area contributed by atoms with Crippen LogP contribution < -0.4 is 14.8 Å². The van der Waals surface area contributed by atoms with Crippen LogP contribution in [0.25, 0.3) is 0 Å². The summed E-state index contributed by atoms with van der Waals surface area (Å²) in [4.78, 5) is 22.9. The van der Waals surface area contributed by atoms with Crippen molar-refractivity contribution >= 4 is 17.6 Å². The lowest BCUT2D eigenvalue weighted by molar-refractivity contribution is -0.138. The Morgan fingerprint density at radius 1 is 1.09 bits per heavy atom. The van der Waals surface area contributed by atoms with Gasteiger partial charge in [-0.1, -0.05) is 0 Å². The molecule has 7 nitrogen and oxygen atoms in total. The van der Waals surface area contributed by atoms with E-state index in [0.717, 1.165) is 20.3 Å². The number of halogens is 1. The van der Waals surface area contributed by atoms with Crippen molar-refractivity contribution < 1.29 is 32.9 Å². The number of ether oxygens (including phenoxy) is 4. The summed E-state index contributed by atoms with van der Waals surface area (Å²) in [7, 11) is 4.94. The minimum Gasteiger partial charge on any atom is -0.497 e. The first-order valence-electron chi connectivity index (χ1n) is 6.03. The van der Waals surface area contributed by atoms with Crippen LogP contribution in [-0.4, -0.2) is 40.4 Å². The summed E-state index contributed by atoms with van der Waals surface area (Å²) in [6, 6.07) is 2.63. The van der Waals surface area contributed by atoms with Crippen LogP contribution in [0.15, 0.2) is 23.9 Å². The first-order chi connectivity index (χ1) is 10.5. The topological polar surface area (TPSA) is 83.1 Å². The molecule has 120 valence electrons. The number of nitrogens with one attached hydrogen (secondary N) is 1. The molecular weight excluding hydrogens is 297 g/mol. The van der Waals surface area contributed by atoms with E-state index in [2.05, 4.69) is 14.8 Å². The number of benzene rings is 1. The summed E-state index contributed by atoms with van der Waals surface area (Å²) in [5.41, 5.74) is -0.430. The molecule has 0 saturated carbocycles. The van der Waals surface area contributed by atoms with Crippen LogP contribution in [0.3, 0.4) is 0 Å². The number of anilines is 1. The molecule has 8 heteroatoms. The van der Waals surface area contributed by atoms with Crippen LogP contribution in [0.5, 0.6) is 11.5 Å². The maximum Gasteiger partial charge on any atom is 0.354 e. The fourth-order valence-corrected chi connectivity index (χ4v) is 1.51. The Bertz CT molecular complexity index is 599. The Hall–Kier alpha value is -2.77. The van der Waals surface area contributed by atoms with Crippen molar-refractivity contribution in [2.45, 2.75) is 0 Å². The molecule has 0 saturated heterocycles. The minimum absolute atomic E-state index is 0.0934. The molecule has 0 atom stereocenters. The molecular formula is C14H16FNO6. The molecule has 0 aliphatic rings. The van der Waals surface area contributed by atoms with Crippen LogP contribution >= 0.6 is 0 Å². The van der Waals surface area contributed by atoms with Gasteiger partial charge >= 0.3 is 11.9 Å². The van der Waals surface area contributed by atoms with Gasteiger partial charge in [-0.25, -0.2) is 14.0 Å². The van der Waals surface area contributed by atoms with Crippen LogP contribution in [0.4, 0.5) is 10.1 Å². The molecule has 0 unspecified atom stereocenters. The third-order valence-corrected chi connectivity index (χ3v) is 2.61. The molecule has 0 amide bonds. The summed E-state index contributed by atoms with van der Waals surface area (Å²) < 4.78 is 33.0. The highest BCUT2D eigenvalue weighted by Crippen LogP contribution is 2.31. The maximum atomic E-state index is 14.2. The van der Waals surface area contributed by atoms with Crippen molar-refractivity contribution in [3.05, 3.63) is 29.7 Å². The number of rotatable bonds is 6. The highest BCUT2D eigenvalue weighted by atomic mass is 19.1. The predicted molar refractivity (Wildman–Crippen MR) is 75.2 cm³/mol. The van der Waals surface area contributed by atoms with Crippen LogP contribution in [-0.2, 0) is 19.1 Å². The third kappa shape index (κ3) is 4.11. The molecule has 0 aromatic heterocycles. The maximum absolute atomic E-state index is 14.2. The number of hydrogen-bond donors (Lipinski definition) is 1. The first-order valence-corrected chi connectivity index (χ1v) is 6.03. The molecule has 1 rings (SSSR count). The van der Waals surface area contributed by atoms with Gasteiger partial charge in [0, 0.05) is 12.1 Å². The molecule has 0 bridgehead atoms. The summed E-state index contributed by atoms with van der Waals surface area (Å²) >= 11 is 0. The van der Waals surface area contributed by atoms with Crippen molar-refractivity contribution in [2.75, 3.05) is 33.8 Å². The zero-order chi connectivity index (χ0) is 16.7. The quantitative estimate of drug-likeness (QED) is 0.629. The van der Waals surface area contributed by atoms with Gasteiger partial charge in [0.25, 0.3) is 0 Å². The second kappa shape index (κ2) is 7.87. The van der Waals surface area contributed by atoms with E-state index in [-0.39, 0.29) is 17.1 Å². The Kier molecular flexibility index (Phi) is 6.18. The van der Waals surface area contributed by atoms with Crippen molar-refractivity contribution in [2.24, 2.45) is 0 Å². The van der Waals surface area contributed by atoms with E-state index in [0.29, 0.717) is 5.75 Å². The van der Waals surface area contributed by atoms with Crippen LogP contribution in [0.1, 0.15) is 0 Å². The van der Waals surface area contributed by atoms with E-state index in [1.165, 1.54) is 26.4 Å². The Morgan fingerprint density at radius 2 is 1.77 bits per heavy atom. The fourth-order valence-electron chi connectivity index (χ4n) is 1.51. The van der Waals surface area contributed by atoms with E-state index in [4.69, 9.17) is 9.47 Å². The average Bonchev–Trinajstić information content (AvgIpc) is 2.54. The molecule has 0 aliphatic heterocycles. The highest BCUT2D eigenvalue weighted by Gasteiger charge is 2.18. The smallest absolute Gasteiger partial charge is 0.354 e. The number of carbonyl (C=O) groups excluding carboxylic acids is 2. The molecule has 0 heterocycles. The zero-order valence-electron chi connectivity index (χ0n) is 12.6. The Balaban J connectivity index is 3.26. The molecule has 0 aliphatic carbocycles. The number of carbonyl (C=O) groups is 2. The third-order valence-electron chi connectivity index (χ3n) is 2.61. The van der Waals surface area contributed by atoms with E-state index >= 15 is 0 Å². The number of methoxy groups -OCH3 is 4. The first kappa shape index (κ1) is 17.3.